The largest absolute Gasteiger partial charge is 0.505 e. The van der Waals surface area contributed by atoms with E-state index in [9.17, 15) is 0 Å². The minimum Gasteiger partial charge on any atom is -0.505 e. The van der Waals surface area contributed by atoms with Gasteiger partial charge in [0, 0.05) is 0 Å². The minimum atomic E-state index is 0.171. The standard InChI is InChI=1S/C5H5IN2O/c6-3-1-5(7)8-2-4(3)9/h1-2,9H,(H2,7,8). The Balaban J connectivity index is 3.17. The summed E-state index contributed by atoms with van der Waals surface area (Å²) >= 11 is 1.98. The van der Waals surface area contributed by atoms with Crippen LogP contribution < -0.4 is 5.73 Å². The quantitative estimate of drug-likeness (QED) is 0.660. The molecule has 1 aromatic rings. The minimum absolute atomic E-state index is 0.171. The summed E-state index contributed by atoms with van der Waals surface area (Å²) in [7, 11) is 0. The summed E-state index contributed by atoms with van der Waals surface area (Å²) in [6.45, 7) is 0. The Bertz CT molecular complexity index is 226. The van der Waals surface area contributed by atoms with Crippen LogP contribution >= 0.6 is 22.6 Å². The van der Waals surface area contributed by atoms with E-state index in [2.05, 4.69) is 4.98 Å². The van der Waals surface area contributed by atoms with Crippen LogP contribution in [0.5, 0.6) is 5.75 Å². The predicted octanol–water partition coefficient (Wildman–Crippen LogP) is 0.974. The van der Waals surface area contributed by atoms with Gasteiger partial charge in [0.05, 0.1) is 9.77 Å². The van der Waals surface area contributed by atoms with Gasteiger partial charge in [0.25, 0.3) is 0 Å². The van der Waals surface area contributed by atoms with E-state index >= 15 is 0 Å². The zero-order valence-electron chi connectivity index (χ0n) is 4.50. The first-order valence-corrected chi connectivity index (χ1v) is 3.38. The molecule has 4 heteroatoms. The molecule has 0 saturated heterocycles. The van der Waals surface area contributed by atoms with Crippen molar-refractivity contribution in [3.05, 3.63) is 15.8 Å². The molecule has 1 rings (SSSR count). The Labute approximate surface area is 66.0 Å². The van der Waals surface area contributed by atoms with Crippen molar-refractivity contribution in [3.63, 3.8) is 0 Å². The number of nitrogen functional groups attached to an aromatic ring is 1. The van der Waals surface area contributed by atoms with Crippen LogP contribution in [0.25, 0.3) is 0 Å². The van der Waals surface area contributed by atoms with Crippen molar-refractivity contribution in [2.24, 2.45) is 0 Å². The fourth-order valence-electron chi connectivity index (χ4n) is 0.438. The molecule has 0 radical (unpaired) electrons. The second kappa shape index (κ2) is 2.38. The SMILES string of the molecule is Nc1cc(I)c(O)cn1. The van der Waals surface area contributed by atoms with Gasteiger partial charge in [0.2, 0.25) is 0 Å². The van der Waals surface area contributed by atoms with E-state index < -0.39 is 0 Å². The Morgan fingerprint density at radius 3 is 2.78 bits per heavy atom. The molecule has 0 atom stereocenters. The normalized spacial score (nSPS) is 9.44. The second-order valence-electron chi connectivity index (χ2n) is 1.56. The molecule has 3 nitrogen and oxygen atoms in total. The summed E-state index contributed by atoms with van der Waals surface area (Å²) in [5.41, 5.74) is 5.30. The maximum atomic E-state index is 8.92. The van der Waals surface area contributed by atoms with Crippen LogP contribution in [0.15, 0.2) is 12.3 Å². The molecule has 0 spiro atoms. The van der Waals surface area contributed by atoms with Gasteiger partial charge in [-0.2, -0.15) is 0 Å². The topological polar surface area (TPSA) is 59.1 Å². The van der Waals surface area contributed by atoms with Gasteiger partial charge in [-0.3, -0.25) is 0 Å². The molecule has 0 unspecified atom stereocenters. The van der Waals surface area contributed by atoms with Crippen molar-refractivity contribution in [1.29, 1.82) is 0 Å². The Hall–Kier alpha value is -0.520. The van der Waals surface area contributed by atoms with Gasteiger partial charge >= 0.3 is 0 Å². The molecule has 0 bridgehead atoms. The highest BCUT2D eigenvalue weighted by atomic mass is 127. The Morgan fingerprint density at radius 2 is 2.33 bits per heavy atom. The van der Waals surface area contributed by atoms with Gasteiger partial charge < -0.3 is 10.8 Å². The fraction of sp³-hybridized carbons (Fsp3) is 0. The highest BCUT2D eigenvalue weighted by molar-refractivity contribution is 14.1. The molecule has 0 aliphatic carbocycles. The summed E-state index contributed by atoms with van der Waals surface area (Å²) < 4.78 is 0.722. The van der Waals surface area contributed by atoms with Crippen molar-refractivity contribution in [1.82, 2.24) is 4.98 Å². The van der Waals surface area contributed by atoms with Crippen LogP contribution in [-0.2, 0) is 0 Å². The predicted molar refractivity (Wildman–Crippen MR) is 43.0 cm³/mol. The van der Waals surface area contributed by atoms with Crippen molar-refractivity contribution in [3.8, 4) is 5.75 Å². The summed E-state index contributed by atoms with van der Waals surface area (Å²) in [6.07, 6.45) is 1.33. The third-order valence-electron chi connectivity index (χ3n) is 0.855. The molecule has 3 N–H and O–H groups in total. The Kier molecular flexibility index (Phi) is 1.75. The van der Waals surface area contributed by atoms with Crippen LogP contribution in [0.2, 0.25) is 0 Å². The number of rotatable bonds is 0. The zero-order chi connectivity index (χ0) is 6.85. The number of pyridine rings is 1. The molecule has 0 saturated carbocycles. The summed E-state index contributed by atoms with van der Waals surface area (Å²) in [6, 6.07) is 1.61. The third-order valence-corrected chi connectivity index (χ3v) is 1.72. The monoisotopic (exact) mass is 236 g/mol. The summed E-state index contributed by atoms with van der Waals surface area (Å²) in [4.78, 5) is 3.66. The number of anilines is 1. The molecule has 0 aliphatic rings. The van der Waals surface area contributed by atoms with Crippen LogP contribution in [0.1, 0.15) is 0 Å². The molecule has 9 heavy (non-hydrogen) atoms. The summed E-state index contributed by atoms with van der Waals surface area (Å²) in [5.74, 6) is 0.599. The first kappa shape index (κ1) is 6.60. The fourth-order valence-corrected chi connectivity index (χ4v) is 0.897. The smallest absolute Gasteiger partial charge is 0.147 e. The lowest BCUT2D eigenvalue weighted by Gasteiger charge is -1.94. The van der Waals surface area contributed by atoms with Crippen LogP contribution in [-0.4, -0.2) is 10.1 Å². The Morgan fingerprint density at radius 1 is 1.67 bits per heavy atom. The molecule has 0 amide bonds. The molecule has 1 aromatic heterocycles. The molecule has 0 aliphatic heterocycles. The summed E-state index contributed by atoms with van der Waals surface area (Å²) in [5, 5.41) is 8.92. The lowest BCUT2D eigenvalue weighted by molar-refractivity contribution is 0.469. The number of nitrogens with two attached hydrogens (primary N) is 1. The van der Waals surface area contributed by atoms with Crippen molar-refractivity contribution >= 4 is 28.4 Å². The second-order valence-corrected chi connectivity index (χ2v) is 2.72. The molecule has 1 heterocycles. The lowest BCUT2D eigenvalue weighted by atomic mass is 10.4. The van der Waals surface area contributed by atoms with E-state index in [0.717, 1.165) is 3.57 Å². The van der Waals surface area contributed by atoms with E-state index in [-0.39, 0.29) is 5.75 Å². The number of aromatic hydroxyl groups is 1. The van der Waals surface area contributed by atoms with E-state index in [1.165, 1.54) is 6.20 Å². The van der Waals surface area contributed by atoms with Gasteiger partial charge in [0.1, 0.15) is 11.6 Å². The highest BCUT2D eigenvalue weighted by Gasteiger charge is 1.95. The van der Waals surface area contributed by atoms with Crippen molar-refractivity contribution < 1.29 is 5.11 Å². The molecule has 48 valence electrons. The number of aromatic nitrogens is 1. The number of halogens is 1. The molecular weight excluding hydrogens is 231 g/mol. The maximum Gasteiger partial charge on any atom is 0.147 e. The van der Waals surface area contributed by atoms with Gasteiger partial charge in [-0.1, -0.05) is 0 Å². The number of nitrogens with zero attached hydrogens (tertiary/aromatic N) is 1. The first-order valence-electron chi connectivity index (χ1n) is 2.30. The highest BCUT2D eigenvalue weighted by Crippen LogP contribution is 2.18. The molecular formula is C5H5IN2O. The number of hydrogen-bond donors (Lipinski definition) is 2. The number of hydrogen-bond acceptors (Lipinski definition) is 3. The first-order chi connectivity index (χ1) is 4.20. The maximum absolute atomic E-state index is 8.92. The average Bonchev–Trinajstić information content (AvgIpc) is 1.80. The van der Waals surface area contributed by atoms with Gasteiger partial charge in [0.15, 0.2) is 0 Å². The van der Waals surface area contributed by atoms with Gasteiger partial charge in [-0.25, -0.2) is 4.98 Å². The van der Waals surface area contributed by atoms with E-state index in [1.807, 2.05) is 22.6 Å². The molecule has 0 fully saturated rings. The lowest BCUT2D eigenvalue weighted by Crippen LogP contribution is -1.88. The van der Waals surface area contributed by atoms with Crippen LogP contribution in [0.3, 0.4) is 0 Å². The van der Waals surface area contributed by atoms with E-state index in [0.29, 0.717) is 5.82 Å². The van der Waals surface area contributed by atoms with Crippen LogP contribution in [0.4, 0.5) is 5.82 Å². The van der Waals surface area contributed by atoms with Crippen LogP contribution in [0, 0.1) is 3.57 Å². The van der Waals surface area contributed by atoms with Gasteiger partial charge in [-0.15, -0.1) is 0 Å². The van der Waals surface area contributed by atoms with E-state index in [4.69, 9.17) is 10.8 Å². The zero-order valence-corrected chi connectivity index (χ0v) is 6.66. The third kappa shape index (κ3) is 1.44. The average molecular weight is 236 g/mol. The molecule has 0 aromatic carbocycles. The van der Waals surface area contributed by atoms with E-state index in [1.54, 1.807) is 6.07 Å². The van der Waals surface area contributed by atoms with Crippen molar-refractivity contribution in [2.75, 3.05) is 5.73 Å². The van der Waals surface area contributed by atoms with Crippen molar-refractivity contribution in [2.45, 2.75) is 0 Å². The van der Waals surface area contributed by atoms with Gasteiger partial charge in [-0.05, 0) is 28.7 Å².